The molecule has 0 radical (unpaired) electrons. The van der Waals surface area contributed by atoms with Gasteiger partial charge in [-0.3, -0.25) is 0 Å². The zero-order chi connectivity index (χ0) is 20.3. The van der Waals surface area contributed by atoms with Gasteiger partial charge in [-0.1, -0.05) is 61.9 Å². The Balaban J connectivity index is 1.58. The van der Waals surface area contributed by atoms with Crippen LogP contribution in [0, 0.1) is 0 Å². The van der Waals surface area contributed by atoms with Crippen LogP contribution in [0.25, 0.3) is 0 Å². The molecule has 0 saturated carbocycles. The third-order valence-corrected chi connectivity index (χ3v) is 6.15. The smallest absolute Gasteiger partial charge is 0.365 e. The van der Waals surface area contributed by atoms with Crippen molar-refractivity contribution in [3.05, 3.63) is 90.5 Å². The van der Waals surface area contributed by atoms with E-state index in [1.807, 2.05) is 84.9 Å². The summed E-state index contributed by atoms with van der Waals surface area (Å²) in [5.74, 6) is 0.684. The summed E-state index contributed by atoms with van der Waals surface area (Å²) in [5.41, 5.74) is 1.10. The van der Waals surface area contributed by atoms with Crippen molar-refractivity contribution in [2.45, 2.75) is 42.4 Å². The maximum atomic E-state index is 12.6. The van der Waals surface area contributed by atoms with Crippen molar-refractivity contribution in [2.75, 3.05) is 6.61 Å². The van der Waals surface area contributed by atoms with Crippen molar-refractivity contribution < 1.29 is 13.7 Å². The van der Waals surface area contributed by atoms with Gasteiger partial charge in [-0.25, -0.2) is 8.98 Å². The molecule has 0 N–H and O–H groups in total. The number of carbonyl (C=O) groups excluding carboxylic acids is 1. The SMILES string of the molecule is CCCCOc1ccc(CCC(=O)O[S+](c2ccccc2)c2ccccc2)cc1. The Bertz CT molecular complexity index is 824. The summed E-state index contributed by atoms with van der Waals surface area (Å²) in [7, 11) is 0. The van der Waals surface area contributed by atoms with Crippen LogP contribution >= 0.6 is 0 Å². The standard InChI is InChI=1S/C25H27O3S/c1-2-3-20-27-22-17-14-21(15-18-22)16-19-25(26)28-29(23-10-6-4-7-11-23)24-12-8-5-9-13-24/h4-15,17-18H,2-3,16,19-20H2,1H3/q+1. The molecule has 150 valence electrons. The van der Waals surface area contributed by atoms with Gasteiger partial charge < -0.3 is 4.74 Å². The van der Waals surface area contributed by atoms with Gasteiger partial charge in [0.25, 0.3) is 11.2 Å². The molecule has 0 spiro atoms. The average molecular weight is 408 g/mol. The van der Waals surface area contributed by atoms with Gasteiger partial charge in [-0.05, 0) is 54.8 Å². The fraction of sp³-hybridized carbons (Fsp3) is 0.240. The van der Waals surface area contributed by atoms with Gasteiger partial charge in [0, 0.05) is 0 Å². The lowest BCUT2D eigenvalue weighted by Crippen LogP contribution is -2.15. The van der Waals surface area contributed by atoms with Crippen molar-refractivity contribution in [3.63, 3.8) is 0 Å². The highest BCUT2D eigenvalue weighted by molar-refractivity contribution is 7.92. The summed E-state index contributed by atoms with van der Waals surface area (Å²) >= 11 is -0.717. The highest BCUT2D eigenvalue weighted by atomic mass is 32.2. The molecule has 0 aliphatic heterocycles. The number of carbonyl (C=O) groups is 1. The minimum absolute atomic E-state index is 0.190. The lowest BCUT2D eigenvalue weighted by atomic mass is 10.1. The molecule has 0 aliphatic carbocycles. The number of hydrogen-bond donors (Lipinski definition) is 0. The van der Waals surface area contributed by atoms with Crippen LogP contribution in [0.1, 0.15) is 31.7 Å². The van der Waals surface area contributed by atoms with Crippen LogP contribution in [0.2, 0.25) is 0 Å². The first-order valence-corrected chi connectivity index (χ1v) is 11.2. The Kier molecular flexibility index (Phi) is 8.20. The molecular weight excluding hydrogens is 380 g/mol. The van der Waals surface area contributed by atoms with E-state index in [0.717, 1.165) is 40.6 Å². The van der Waals surface area contributed by atoms with Crippen LogP contribution in [0.4, 0.5) is 0 Å². The zero-order valence-corrected chi connectivity index (χ0v) is 17.6. The molecule has 0 aliphatic rings. The van der Waals surface area contributed by atoms with Crippen molar-refractivity contribution in [2.24, 2.45) is 0 Å². The number of unbranched alkanes of at least 4 members (excludes halogenated alkanes) is 1. The van der Waals surface area contributed by atoms with Crippen molar-refractivity contribution in [1.82, 2.24) is 0 Å². The molecule has 0 heterocycles. The second-order valence-corrected chi connectivity index (χ2v) is 8.34. The first-order valence-electron chi connectivity index (χ1n) is 10.0. The molecule has 3 nitrogen and oxygen atoms in total. The Hall–Kier alpha value is -2.72. The van der Waals surface area contributed by atoms with E-state index in [4.69, 9.17) is 8.92 Å². The van der Waals surface area contributed by atoms with Gasteiger partial charge in [0.05, 0.1) is 13.0 Å². The van der Waals surface area contributed by atoms with Gasteiger partial charge in [0.1, 0.15) is 5.75 Å². The maximum absolute atomic E-state index is 12.6. The molecule has 3 aromatic rings. The first-order chi connectivity index (χ1) is 14.3. The Labute approximate surface area is 176 Å². The summed E-state index contributed by atoms with van der Waals surface area (Å²) in [4.78, 5) is 14.6. The van der Waals surface area contributed by atoms with E-state index in [1.54, 1.807) is 0 Å². The van der Waals surface area contributed by atoms with Gasteiger partial charge in [0.15, 0.2) is 0 Å². The maximum Gasteiger partial charge on any atom is 0.365 e. The number of hydrogen-bond acceptors (Lipinski definition) is 3. The number of rotatable bonds is 10. The van der Waals surface area contributed by atoms with E-state index in [-0.39, 0.29) is 5.97 Å². The van der Waals surface area contributed by atoms with Gasteiger partial charge in [-0.15, -0.1) is 0 Å². The topological polar surface area (TPSA) is 35.5 Å². The Morgan fingerprint density at radius 2 is 1.41 bits per heavy atom. The van der Waals surface area contributed by atoms with Crippen LogP contribution in [-0.2, 0) is 26.6 Å². The van der Waals surface area contributed by atoms with Crippen molar-refractivity contribution in [1.29, 1.82) is 0 Å². The van der Waals surface area contributed by atoms with Crippen molar-refractivity contribution in [3.8, 4) is 5.75 Å². The van der Waals surface area contributed by atoms with Crippen LogP contribution < -0.4 is 4.74 Å². The third-order valence-electron chi connectivity index (χ3n) is 4.40. The second-order valence-electron chi connectivity index (χ2n) is 6.70. The summed E-state index contributed by atoms with van der Waals surface area (Å²) < 4.78 is 11.6. The molecule has 3 rings (SSSR count). The number of benzene rings is 3. The minimum Gasteiger partial charge on any atom is -0.494 e. The average Bonchev–Trinajstić information content (AvgIpc) is 2.78. The largest absolute Gasteiger partial charge is 0.494 e. The molecule has 0 aromatic heterocycles. The lowest BCUT2D eigenvalue weighted by Gasteiger charge is -2.07. The van der Waals surface area contributed by atoms with E-state index in [2.05, 4.69) is 6.92 Å². The van der Waals surface area contributed by atoms with E-state index in [0.29, 0.717) is 12.8 Å². The fourth-order valence-electron chi connectivity index (χ4n) is 2.79. The third kappa shape index (κ3) is 6.68. The Morgan fingerprint density at radius 3 is 1.97 bits per heavy atom. The molecule has 0 unspecified atom stereocenters. The second kappa shape index (κ2) is 11.3. The van der Waals surface area contributed by atoms with Crippen LogP contribution in [0.3, 0.4) is 0 Å². The molecule has 4 heteroatoms. The quantitative estimate of drug-likeness (QED) is 0.306. The predicted molar refractivity (Wildman–Crippen MR) is 118 cm³/mol. The number of aryl methyl sites for hydroxylation is 1. The number of ether oxygens (including phenoxy) is 1. The van der Waals surface area contributed by atoms with Crippen LogP contribution in [0.5, 0.6) is 5.75 Å². The van der Waals surface area contributed by atoms with Gasteiger partial charge >= 0.3 is 5.97 Å². The van der Waals surface area contributed by atoms with Crippen LogP contribution in [0.15, 0.2) is 94.7 Å². The molecule has 0 bridgehead atoms. The Morgan fingerprint density at radius 1 is 0.828 bits per heavy atom. The van der Waals surface area contributed by atoms with Gasteiger partial charge in [0.2, 0.25) is 9.79 Å². The molecule has 0 amide bonds. The van der Waals surface area contributed by atoms with Crippen molar-refractivity contribution >= 4 is 17.1 Å². The minimum atomic E-state index is -0.717. The summed E-state index contributed by atoms with van der Waals surface area (Å²) in [6.45, 7) is 2.88. The molecular formula is C25H27O3S+. The molecule has 3 aromatic carbocycles. The monoisotopic (exact) mass is 407 g/mol. The van der Waals surface area contributed by atoms with E-state index in [9.17, 15) is 4.79 Å². The van der Waals surface area contributed by atoms with Gasteiger partial charge in [-0.2, -0.15) is 0 Å². The van der Waals surface area contributed by atoms with Crippen LogP contribution in [-0.4, -0.2) is 12.6 Å². The first kappa shape index (κ1) is 21.0. The highest BCUT2D eigenvalue weighted by Crippen LogP contribution is 2.25. The lowest BCUT2D eigenvalue weighted by molar-refractivity contribution is -0.133. The fourth-order valence-corrected chi connectivity index (χ4v) is 4.33. The van der Waals surface area contributed by atoms with E-state index < -0.39 is 11.2 Å². The van der Waals surface area contributed by atoms with E-state index >= 15 is 0 Å². The molecule has 29 heavy (non-hydrogen) atoms. The molecule has 0 atom stereocenters. The van der Waals surface area contributed by atoms with E-state index in [1.165, 1.54) is 0 Å². The molecule has 0 saturated heterocycles. The zero-order valence-electron chi connectivity index (χ0n) is 16.8. The summed E-state index contributed by atoms with van der Waals surface area (Å²) in [6.07, 6.45) is 3.17. The normalized spacial score (nSPS) is 10.7. The highest BCUT2D eigenvalue weighted by Gasteiger charge is 2.31. The summed E-state index contributed by atoms with van der Waals surface area (Å²) in [5, 5.41) is 0. The predicted octanol–water partition coefficient (Wildman–Crippen LogP) is 5.99. The summed E-state index contributed by atoms with van der Waals surface area (Å²) in [6, 6.07) is 27.8. The molecule has 0 fully saturated rings.